The van der Waals surface area contributed by atoms with Crippen molar-refractivity contribution >= 4 is 18.0 Å². The minimum Gasteiger partial charge on any atom is -0.475 e. The van der Waals surface area contributed by atoms with E-state index in [1.54, 1.807) is 6.20 Å². The van der Waals surface area contributed by atoms with Gasteiger partial charge in [-0.1, -0.05) is 6.07 Å². The summed E-state index contributed by atoms with van der Waals surface area (Å²) in [5, 5.41) is 3.00. The third-order valence-electron chi connectivity index (χ3n) is 2.95. The number of rotatable bonds is 9. The van der Waals surface area contributed by atoms with Crippen LogP contribution in [-0.4, -0.2) is 43.5 Å². The first-order valence-electron chi connectivity index (χ1n) is 7.38. The number of anilines is 1. The van der Waals surface area contributed by atoms with E-state index in [9.17, 15) is 4.39 Å². The molecule has 0 spiro atoms. The minimum absolute atomic E-state index is 0.0891. The van der Waals surface area contributed by atoms with Crippen molar-refractivity contribution in [1.29, 1.82) is 0 Å². The Morgan fingerprint density at radius 3 is 2.87 bits per heavy atom. The van der Waals surface area contributed by atoms with Crippen molar-refractivity contribution < 1.29 is 13.9 Å². The van der Waals surface area contributed by atoms with Gasteiger partial charge < -0.3 is 14.8 Å². The van der Waals surface area contributed by atoms with Gasteiger partial charge in [-0.3, -0.25) is 0 Å². The second-order valence-corrected chi connectivity index (χ2v) is 4.58. The van der Waals surface area contributed by atoms with Crippen LogP contribution in [0.3, 0.4) is 0 Å². The van der Waals surface area contributed by atoms with Crippen molar-refractivity contribution in [2.75, 3.05) is 38.9 Å². The highest BCUT2D eigenvalue weighted by atomic mass is 19.1. The highest BCUT2D eigenvalue weighted by Crippen LogP contribution is 2.17. The third-order valence-corrected chi connectivity index (χ3v) is 2.95. The maximum absolute atomic E-state index is 11.9. The van der Waals surface area contributed by atoms with Crippen LogP contribution in [0.15, 0.2) is 36.5 Å². The molecular formula is C17H20FN3O2. The largest absolute Gasteiger partial charge is 0.475 e. The molecule has 0 aliphatic rings. The zero-order valence-electron chi connectivity index (χ0n) is 13.0. The molecule has 0 amide bonds. The number of halogens is 1. The quantitative estimate of drug-likeness (QED) is 0.720. The first-order valence-corrected chi connectivity index (χ1v) is 7.38. The fourth-order valence-electron chi connectivity index (χ4n) is 1.86. The second-order valence-electron chi connectivity index (χ2n) is 4.58. The summed E-state index contributed by atoms with van der Waals surface area (Å²) in [6.45, 7) is 0.253. The molecule has 0 aromatic carbocycles. The van der Waals surface area contributed by atoms with E-state index in [4.69, 9.17) is 9.47 Å². The van der Waals surface area contributed by atoms with Gasteiger partial charge in [0.15, 0.2) is 0 Å². The summed E-state index contributed by atoms with van der Waals surface area (Å²) in [7, 11) is 1.83. The smallest absolute Gasteiger partial charge is 0.220 e. The molecule has 0 bridgehead atoms. The van der Waals surface area contributed by atoms with Crippen LogP contribution in [0.5, 0.6) is 5.88 Å². The van der Waals surface area contributed by atoms with Gasteiger partial charge in [-0.15, -0.1) is 0 Å². The monoisotopic (exact) mass is 317 g/mol. The van der Waals surface area contributed by atoms with Crippen LogP contribution in [0.25, 0.3) is 12.2 Å². The number of hydrogen-bond acceptors (Lipinski definition) is 5. The first-order chi connectivity index (χ1) is 11.3. The molecule has 0 aliphatic heterocycles. The molecule has 6 heteroatoms. The summed E-state index contributed by atoms with van der Waals surface area (Å²) in [5.41, 5.74) is 1.67. The summed E-state index contributed by atoms with van der Waals surface area (Å²) in [6.07, 6.45) is 5.45. The lowest BCUT2D eigenvalue weighted by Crippen LogP contribution is -2.09. The molecule has 1 N–H and O–H groups in total. The number of nitrogens with zero attached hydrogens (tertiary/aromatic N) is 2. The van der Waals surface area contributed by atoms with Gasteiger partial charge in [-0.25, -0.2) is 14.4 Å². The molecule has 2 rings (SSSR count). The van der Waals surface area contributed by atoms with Crippen LogP contribution in [0, 0.1) is 0 Å². The van der Waals surface area contributed by atoms with E-state index in [0.717, 1.165) is 17.1 Å². The van der Waals surface area contributed by atoms with Gasteiger partial charge >= 0.3 is 0 Å². The summed E-state index contributed by atoms with van der Waals surface area (Å²) >= 11 is 0. The normalized spacial score (nSPS) is 10.9. The van der Waals surface area contributed by atoms with Gasteiger partial charge in [0.1, 0.15) is 19.1 Å². The van der Waals surface area contributed by atoms with Crippen LogP contribution < -0.4 is 10.1 Å². The first kappa shape index (κ1) is 16.9. The van der Waals surface area contributed by atoms with E-state index in [0.29, 0.717) is 19.1 Å². The SMILES string of the molecule is CNc1cccc(C=Cc2cccnc2OCCOCCF)n1. The van der Waals surface area contributed by atoms with Crippen LogP contribution in [0.1, 0.15) is 11.3 Å². The van der Waals surface area contributed by atoms with Gasteiger partial charge in [0, 0.05) is 18.8 Å². The maximum Gasteiger partial charge on any atom is 0.220 e. The average Bonchev–Trinajstić information content (AvgIpc) is 2.61. The number of nitrogens with one attached hydrogen (secondary N) is 1. The van der Waals surface area contributed by atoms with Gasteiger partial charge in [-0.05, 0) is 36.4 Å². The highest BCUT2D eigenvalue weighted by molar-refractivity contribution is 5.70. The Bertz CT molecular complexity index is 635. The zero-order valence-corrected chi connectivity index (χ0v) is 13.0. The number of pyridine rings is 2. The molecule has 23 heavy (non-hydrogen) atoms. The fraction of sp³-hybridized carbons (Fsp3) is 0.294. The lowest BCUT2D eigenvalue weighted by Gasteiger charge is -2.08. The molecule has 0 radical (unpaired) electrons. The van der Waals surface area contributed by atoms with Crippen LogP contribution in [0.4, 0.5) is 10.2 Å². The van der Waals surface area contributed by atoms with Crippen molar-refractivity contribution in [2.45, 2.75) is 0 Å². The predicted octanol–water partition coefficient (Wildman–Crippen LogP) is 3.05. The minimum atomic E-state index is -0.490. The predicted molar refractivity (Wildman–Crippen MR) is 89.2 cm³/mol. The van der Waals surface area contributed by atoms with Gasteiger partial charge in [0.2, 0.25) is 5.88 Å². The molecular weight excluding hydrogens is 297 g/mol. The molecule has 2 heterocycles. The lowest BCUT2D eigenvalue weighted by atomic mass is 10.2. The Kier molecular flexibility index (Phi) is 7.00. The molecule has 0 saturated heterocycles. The number of alkyl halides is 1. The maximum atomic E-state index is 11.9. The Balaban J connectivity index is 2.00. The Hall–Kier alpha value is -2.47. The van der Waals surface area contributed by atoms with Crippen molar-refractivity contribution in [3.05, 3.63) is 47.8 Å². The van der Waals surface area contributed by atoms with E-state index >= 15 is 0 Å². The molecule has 122 valence electrons. The topological polar surface area (TPSA) is 56.3 Å². The number of aromatic nitrogens is 2. The van der Waals surface area contributed by atoms with Gasteiger partial charge in [-0.2, -0.15) is 0 Å². The molecule has 2 aromatic rings. The molecule has 0 unspecified atom stereocenters. The van der Waals surface area contributed by atoms with Crippen molar-refractivity contribution in [3.8, 4) is 5.88 Å². The fourth-order valence-corrected chi connectivity index (χ4v) is 1.86. The number of ether oxygens (including phenoxy) is 2. The zero-order chi connectivity index (χ0) is 16.3. The van der Waals surface area contributed by atoms with E-state index in [1.165, 1.54) is 0 Å². The summed E-state index contributed by atoms with van der Waals surface area (Å²) in [4.78, 5) is 8.62. The van der Waals surface area contributed by atoms with E-state index in [1.807, 2.05) is 49.5 Å². The van der Waals surface area contributed by atoms with E-state index < -0.39 is 6.67 Å². The van der Waals surface area contributed by atoms with Crippen LogP contribution >= 0.6 is 0 Å². The van der Waals surface area contributed by atoms with Crippen molar-refractivity contribution in [2.24, 2.45) is 0 Å². The molecule has 0 aliphatic carbocycles. The molecule has 0 atom stereocenters. The summed E-state index contributed by atoms with van der Waals surface area (Å²) in [5.74, 6) is 1.32. The molecule has 5 nitrogen and oxygen atoms in total. The van der Waals surface area contributed by atoms with Gasteiger partial charge in [0.05, 0.1) is 18.9 Å². The van der Waals surface area contributed by atoms with E-state index in [2.05, 4.69) is 15.3 Å². The van der Waals surface area contributed by atoms with Gasteiger partial charge in [0.25, 0.3) is 0 Å². The van der Waals surface area contributed by atoms with Crippen molar-refractivity contribution in [3.63, 3.8) is 0 Å². The average molecular weight is 317 g/mol. The molecule has 0 saturated carbocycles. The highest BCUT2D eigenvalue weighted by Gasteiger charge is 2.02. The lowest BCUT2D eigenvalue weighted by molar-refractivity contribution is 0.0883. The summed E-state index contributed by atoms with van der Waals surface area (Å²) in [6, 6.07) is 9.49. The molecule has 0 fully saturated rings. The standard InChI is InChI=1S/C17H20FN3O2/c1-19-16-6-2-5-15(21-16)8-7-14-4-3-10-20-17(14)23-13-12-22-11-9-18/h2-8,10H,9,11-13H2,1H3,(H,19,21). The van der Waals surface area contributed by atoms with E-state index in [-0.39, 0.29) is 6.61 Å². The second kappa shape index (κ2) is 9.53. The Morgan fingerprint density at radius 1 is 1.13 bits per heavy atom. The van der Waals surface area contributed by atoms with Crippen LogP contribution in [-0.2, 0) is 4.74 Å². The summed E-state index contributed by atoms with van der Waals surface area (Å²) < 4.78 is 22.5. The van der Waals surface area contributed by atoms with Crippen molar-refractivity contribution in [1.82, 2.24) is 9.97 Å². The van der Waals surface area contributed by atoms with Crippen LogP contribution in [0.2, 0.25) is 0 Å². The Labute approximate surface area is 135 Å². The third kappa shape index (κ3) is 5.67. The Morgan fingerprint density at radius 2 is 2.04 bits per heavy atom. The number of hydrogen-bond donors (Lipinski definition) is 1. The molecule has 2 aromatic heterocycles.